The number of carbonyl (C=O) groups excluding carboxylic acids is 1. The van der Waals surface area contributed by atoms with Gasteiger partial charge < -0.3 is 10.0 Å². The Bertz CT molecular complexity index is 702. The van der Waals surface area contributed by atoms with E-state index in [0.717, 1.165) is 21.3 Å². The predicted molar refractivity (Wildman–Crippen MR) is 82.6 cm³/mol. The lowest BCUT2D eigenvalue weighted by atomic mass is 10.1. The predicted octanol–water partition coefficient (Wildman–Crippen LogP) is 0.300. The number of nitrogens with zero attached hydrogens (tertiary/aromatic N) is 3. The number of benzene rings is 1. The van der Waals surface area contributed by atoms with Crippen molar-refractivity contribution in [2.75, 3.05) is 34.3 Å². The second-order valence-electron chi connectivity index (χ2n) is 5.01. The molecule has 9 nitrogen and oxygen atoms in total. The van der Waals surface area contributed by atoms with Crippen molar-refractivity contribution in [3.05, 3.63) is 33.9 Å². The number of sulfonamides is 1. The third kappa shape index (κ3) is 4.03. The van der Waals surface area contributed by atoms with Gasteiger partial charge in [-0.05, 0) is 12.5 Å². The molecule has 0 aliphatic rings. The molecule has 1 aromatic carbocycles. The molecule has 0 aliphatic heterocycles. The maximum Gasteiger partial charge on any atom is 0.283 e. The number of nitro benzene ring substituents is 1. The molecule has 0 saturated carbocycles. The summed E-state index contributed by atoms with van der Waals surface area (Å²) in [6.07, 6.45) is 0.210. The van der Waals surface area contributed by atoms with E-state index in [9.17, 15) is 23.3 Å². The number of hydrogen-bond donors (Lipinski definition) is 1. The van der Waals surface area contributed by atoms with Crippen molar-refractivity contribution in [3.8, 4) is 0 Å². The van der Waals surface area contributed by atoms with Crippen LogP contribution in [-0.2, 0) is 10.0 Å². The summed E-state index contributed by atoms with van der Waals surface area (Å²) in [5.74, 6) is -0.772. The zero-order valence-electron chi connectivity index (χ0n) is 13.1. The first-order chi connectivity index (χ1) is 10.6. The van der Waals surface area contributed by atoms with Crippen LogP contribution in [0.25, 0.3) is 0 Å². The summed E-state index contributed by atoms with van der Waals surface area (Å²) in [6, 6.07) is 3.47. The molecular formula is C13H19N3O6S. The highest BCUT2D eigenvalue weighted by Gasteiger charge is 2.33. The monoisotopic (exact) mass is 345 g/mol. The number of aliphatic hydroxyl groups is 1. The third-order valence-electron chi connectivity index (χ3n) is 3.14. The van der Waals surface area contributed by atoms with E-state index in [4.69, 9.17) is 5.11 Å². The molecule has 128 valence electrons. The van der Waals surface area contributed by atoms with Crippen LogP contribution in [0.3, 0.4) is 0 Å². The summed E-state index contributed by atoms with van der Waals surface area (Å²) in [5.41, 5.74) is -1.04. The summed E-state index contributed by atoms with van der Waals surface area (Å²) in [6.45, 7) is -0.171. The van der Waals surface area contributed by atoms with Gasteiger partial charge in [0, 0.05) is 40.4 Å². The van der Waals surface area contributed by atoms with Crippen LogP contribution >= 0.6 is 0 Å². The summed E-state index contributed by atoms with van der Waals surface area (Å²) in [7, 11) is -0.0609. The van der Waals surface area contributed by atoms with Crippen LogP contribution < -0.4 is 0 Å². The molecule has 0 atom stereocenters. The van der Waals surface area contributed by atoms with Crippen molar-refractivity contribution in [3.63, 3.8) is 0 Å². The molecule has 1 N–H and O–H groups in total. The number of aliphatic hydroxyl groups excluding tert-OH is 1. The second-order valence-corrected chi connectivity index (χ2v) is 7.02. The fraction of sp³-hybridized carbons (Fsp3) is 0.462. The minimum Gasteiger partial charge on any atom is -0.396 e. The first-order valence-electron chi connectivity index (χ1n) is 6.70. The lowest BCUT2D eigenvalue weighted by Crippen LogP contribution is -2.32. The van der Waals surface area contributed by atoms with E-state index in [0.29, 0.717) is 0 Å². The third-order valence-corrected chi connectivity index (χ3v) is 5.04. The van der Waals surface area contributed by atoms with E-state index in [2.05, 4.69) is 0 Å². The molecule has 0 heterocycles. The average molecular weight is 345 g/mol. The fourth-order valence-corrected chi connectivity index (χ4v) is 3.31. The van der Waals surface area contributed by atoms with Crippen LogP contribution in [0, 0.1) is 10.1 Å². The van der Waals surface area contributed by atoms with Crippen molar-refractivity contribution < 1.29 is 23.2 Å². The van der Waals surface area contributed by atoms with Crippen molar-refractivity contribution >= 4 is 21.6 Å². The lowest BCUT2D eigenvalue weighted by Gasteiger charge is -2.19. The van der Waals surface area contributed by atoms with Gasteiger partial charge in [0.05, 0.1) is 4.92 Å². The highest BCUT2D eigenvalue weighted by molar-refractivity contribution is 7.89. The van der Waals surface area contributed by atoms with Crippen LogP contribution in [0.4, 0.5) is 5.69 Å². The van der Waals surface area contributed by atoms with Crippen LogP contribution in [0.1, 0.15) is 16.8 Å². The highest BCUT2D eigenvalue weighted by Crippen LogP contribution is 2.28. The Kier molecular flexibility index (Phi) is 6.19. The molecule has 0 fully saturated rings. The molecule has 0 spiro atoms. The topological polar surface area (TPSA) is 121 Å². The van der Waals surface area contributed by atoms with Crippen LogP contribution in [0.2, 0.25) is 0 Å². The Balaban J connectivity index is 3.55. The first-order valence-corrected chi connectivity index (χ1v) is 8.14. The number of nitro groups is 1. The summed E-state index contributed by atoms with van der Waals surface area (Å²) >= 11 is 0. The van der Waals surface area contributed by atoms with Crippen molar-refractivity contribution in [2.24, 2.45) is 0 Å². The van der Waals surface area contributed by atoms with Gasteiger partial charge in [0.1, 0.15) is 10.5 Å². The zero-order valence-corrected chi connectivity index (χ0v) is 13.9. The van der Waals surface area contributed by atoms with E-state index in [1.165, 1.54) is 27.2 Å². The smallest absolute Gasteiger partial charge is 0.283 e. The molecule has 1 amide bonds. The van der Waals surface area contributed by atoms with Gasteiger partial charge in [-0.25, -0.2) is 12.7 Å². The molecule has 23 heavy (non-hydrogen) atoms. The van der Waals surface area contributed by atoms with Gasteiger partial charge in [0.15, 0.2) is 0 Å². The van der Waals surface area contributed by atoms with Gasteiger partial charge >= 0.3 is 0 Å². The maximum atomic E-state index is 12.6. The quantitative estimate of drug-likeness (QED) is 0.560. The summed E-state index contributed by atoms with van der Waals surface area (Å²) in [4.78, 5) is 23.3. The molecule has 0 radical (unpaired) electrons. The molecule has 0 aliphatic carbocycles. The van der Waals surface area contributed by atoms with E-state index in [-0.39, 0.29) is 19.6 Å². The zero-order chi connectivity index (χ0) is 17.8. The highest BCUT2D eigenvalue weighted by atomic mass is 32.2. The van der Waals surface area contributed by atoms with E-state index >= 15 is 0 Å². The van der Waals surface area contributed by atoms with Crippen molar-refractivity contribution in [2.45, 2.75) is 11.3 Å². The van der Waals surface area contributed by atoms with Crippen LogP contribution in [0.5, 0.6) is 0 Å². The normalized spacial score (nSPS) is 11.5. The average Bonchev–Trinajstić information content (AvgIpc) is 2.50. The molecule has 10 heteroatoms. The molecule has 0 unspecified atom stereocenters. The van der Waals surface area contributed by atoms with Gasteiger partial charge in [-0.15, -0.1) is 0 Å². The fourth-order valence-electron chi connectivity index (χ4n) is 1.91. The SMILES string of the molecule is CN(C)C(=O)c1c([N+](=O)[O-])cccc1S(=O)(=O)N(C)CCCO. The summed E-state index contributed by atoms with van der Waals surface area (Å²) in [5, 5.41) is 20.0. The Hall–Kier alpha value is -2.04. The molecule has 1 aromatic rings. The minimum atomic E-state index is -4.11. The van der Waals surface area contributed by atoms with Gasteiger partial charge in [0.25, 0.3) is 11.6 Å². The Labute approximate surface area is 134 Å². The van der Waals surface area contributed by atoms with Gasteiger partial charge in [-0.1, -0.05) is 6.07 Å². The van der Waals surface area contributed by atoms with E-state index in [1.807, 2.05) is 0 Å². The Morgan fingerprint density at radius 3 is 2.39 bits per heavy atom. The second kappa shape index (κ2) is 7.49. The number of carbonyl (C=O) groups is 1. The number of amides is 1. The van der Waals surface area contributed by atoms with Crippen LogP contribution in [-0.4, -0.2) is 67.9 Å². The molecule has 0 aromatic heterocycles. The first kappa shape index (κ1) is 19.0. The number of hydrogen-bond acceptors (Lipinski definition) is 6. The minimum absolute atomic E-state index is 0.0249. The molecule has 0 saturated heterocycles. The van der Waals surface area contributed by atoms with Gasteiger partial charge in [-0.3, -0.25) is 14.9 Å². The number of rotatable bonds is 7. The lowest BCUT2D eigenvalue weighted by molar-refractivity contribution is -0.385. The molecule has 1 rings (SSSR count). The van der Waals surface area contributed by atoms with E-state index < -0.39 is 37.0 Å². The van der Waals surface area contributed by atoms with Gasteiger partial charge in [-0.2, -0.15) is 0 Å². The standard InChI is InChI=1S/C13H19N3O6S/c1-14(2)13(18)12-10(16(19)20)6-4-7-11(12)23(21,22)15(3)8-5-9-17/h4,6-7,17H,5,8-9H2,1-3H3. The maximum absolute atomic E-state index is 12.6. The van der Waals surface area contributed by atoms with Crippen molar-refractivity contribution in [1.82, 2.24) is 9.21 Å². The van der Waals surface area contributed by atoms with E-state index in [1.54, 1.807) is 0 Å². The largest absolute Gasteiger partial charge is 0.396 e. The molecular weight excluding hydrogens is 326 g/mol. The summed E-state index contributed by atoms with van der Waals surface area (Å²) < 4.78 is 26.2. The van der Waals surface area contributed by atoms with Crippen LogP contribution in [0.15, 0.2) is 23.1 Å². The Morgan fingerprint density at radius 2 is 1.91 bits per heavy atom. The van der Waals surface area contributed by atoms with Gasteiger partial charge in [0.2, 0.25) is 10.0 Å². The Morgan fingerprint density at radius 1 is 1.30 bits per heavy atom. The van der Waals surface area contributed by atoms with Crippen molar-refractivity contribution in [1.29, 1.82) is 0 Å². The molecule has 0 bridgehead atoms.